The van der Waals surface area contributed by atoms with Crippen molar-refractivity contribution in [2.24, 2.45) is 5.41 Å². The molecule has 13 heavy (non-hydrogen) atoms. The van der Waals surface area contributed by atoms with Gasteiger partial charge in [-0.3, -0.25) is 0 Å². The van der Waals surface area contributed by atoms with Crippen LogP contribution in [0.1, 0.15) is 40.0 Å². The molecule has 0 aliphatic rings. The van der Waals surface area contributed by atoms with E-state index in [1.54, 1.807) is 7.11 Å². The molecule has 0 aromatic carbocycles. The number of rotatable bonds is 7. The lowest BCUT2D eigenvalue weighted by Gasteiger charge is -2.31. The lowest BCUT2D eigenvalue weighted by molar-refractivity contribution is 0.0665. The molecule has 0 fully saturated rings. The minimum absolute atomic E-state index is 0.366. The molecule has 0 radical (unpaired) electrons. The van der Waals surface area contributed by atoms with Crippen LogP contribution in [0.2, 0.25) is 0 Å². The number of hydrogen-bond donors (Lipinski definition) is 1. The summed E-state index contributed by atoms with van der Waals surface area (Å²) >= 11 is 0. The third kappa shape index (κ3) is 5.27. The largest absolute Gasteiger partial charge is 0.382 e. The molecule has 1 N–H and O–H groups in total. The molecule has 0 spiro atoms. The molecule has 0 amide bonds. The second-order valence-corrected chi connectivity index (χ2v) is 4.34. The molecule has 0 bridgehead atoms. The Morgan fingerprint density at radius 2 is 2.08 bits per heavy atom. The molecular weight excluding hydrogens is 162 g/mol. The Morgan fingerprint density at radius 3 is 2.46 bits per heavy atom. The van der Waals surface area contributed by atoms with Gasteiger partial charge in [-0.05, 0) is 32.2 Å². The van der Waals surface area contributed by atoms with Crippen LogP contribution < -0.4 is 5.32 Å². The van der Waals surface area contributed by atoms with Gasteiger partial charge in [0, 0.05) is 13.7 Å². The zero-order valence-corrected chi connectivity index (χ0v) is 9.81. The molecule has 0 rings (SSSR count). The highest BCUT2D eigenvalue weighted by Crippen LogP contribution is 2.28. The van der Waals surface area contributed by atoms with Crippen molar-refractivity contribution in [3.8, 4) is 0 Å². The summed E-state index contributed by atoms with van der Waals surface area (Å²) in [6.07, 6.45) is 4.01. The van der Waals surface area contributed by atoms with E-state index in [-0.39, 0.29) is 0 Å². The van der Waals surface area contributed by atoms with Crippen molar-refractivity contribution in [2.45, 2.75) is 46.1 Å². The summed E-state index contributed by atoms with van der Waals surface area (Å²) in [5.41, 5.74) is 0.388. The summed E-state index contributed by atoms with van der Waals surface area (Å²) in [6.45, 7) is 7.80. The van der Waals surface area contributed by atoms with Gasteiger partial charge >= 0.3 is 0 Å². The average Bonchev–Trinajstić information content (AvgIpc) is 2.04. The highest BCUT2D eigenvalue weighted by atomic mass is 16.5. The van der Waals surface area contributed by atoms with Crippen LogP contribution in [-0.2, 0) is 4.74 Å². The van der Waals surface area contributed by atoms with Crippen LogP contribution in [-0.4, -0.2) is 26.8 Å². The Balaban J connectivity index is 4.05. The van der Waals surface area contributed by atoms with Crippen LogP contribution in [0.3, 0.4) is 0 Å². The van der Waals surface area contributed by atoms with Crippen molar-refractivity contribution < 1.29 is 4.74 Å². The van der Waals surface area contributed by atoms with Gasteiger partial charge in [0.25, 0.3) is 0 Å². The summed E-state index contributed by atoms with van der Waals surface area (Å²) in [4.78, 5) is 0. The highest BCUT2D eigenvalue weighted by Gasteiger charge is 2.24. The van der Waals surface area contributed by atoms with Crippen molar-refractivity contribution >= 4 is 0 Å². The Bertz CT molecular complexity index is 119. The highest BCUT2D eigenvalue weighted by molar-refractivity contribution is 4.78. The second-order valence-electron chi connectivity index (χ2n) is 4.34. The first-order valence-corrected chi connectivity index (χ1v) is 5.25. The standard InChI is InChI=1S/C11H25NO/c1-6-7-11(3,9-12-4)8-10(2)13-5/h10,12H,6-9H2,1-5H3. The van der Waals surface area contributed by atoms with Crippen LogP contribution >= 0.6 is 0 Å². The van der Waals surface area contributed by atoms with Crippen molar-refractivity contribution in [3.63, 3.8) is 0 Å². The topological polar surface area (TPSA) is 21.3 Å². The van der Waals surface area contributed by atoms with Gasteiger partial charge in [0.2, 0.25) is 0 Å². The molecule has 0 aliphatic carbocycles. The normalized spacial score (nSPS) is 18.2. The van der Waals surface area contributed by atoms with Gasteiger partial charge in [-0.15, -0.1) is 0 Å². The fraction of sp³-hybridized carbons (Fsp3) is 1.00. The van der Waals surface area contributed by atoms with Gasteiger partial charge in [-0.1, -0.05) is 20.3 Å². The van der Waals surface area contributed by atoms with Crippen molar-refractivity contribution in [3.05, 3.63) is 0 Å². The smallest absolute Gasteiger partial charge is 0.0548 e. The molecule has 0 aliphatic heterocycles. The minimum Gasteiger partial charge on any atom is -0.382 e. The first-order valence-electron chi connectivity index (χ1n) is 5.25. The molecule has 0 aromatic rings. The van der Waals surface area contributed by atoms with Crippen LogP contribution in [0.5, 0.6) is 0 Å². The summed E-state index contributed by atoms with van der Waals surface area (Å²) < 4.78 is 5.31. The van der Waals surface area contributed by atoms with Gasteiger partial charge in [-0.25, -0.2) is 0 Å². The summed E-state index contributed by atoms with van der Waals surface area (Å²) in [6, 6.07) is 0. The predicted octanol–water partition coefficient (Wildman–Crippen LogP) is 2.44. The van der Waals surface area contributed by atoms with Gasteiger partial charge < -0.3 is 10.1 Å². The van der Waals surface area contributed by atoms with E-state index < -0.39 is 0 Å². The van der Waals surface area contributed by atoms with Crippen LogP contribution in [0, 0.1) is 5.41 Å². The van der Waals surface area contributed by atoms with E-state index in [2.05, 4.69) is 26.1 Å². The van der Waals surface area contributed by atoms with Gasteiger partial charge in [-0.2, -0.15) is 0 Å². The number of nitrogens with one attached hydrogen (secondary N) is 1. The number of ether oxygens (including phenoxy) is 1. The third-order valence-corrected chi connectivity index (χ3v) is 2.64. The van der Waals surface area contributed by atoms with E-state index in [1.807, 2.05) is 7.05 Å². The fourth-order valence-corrected chi connectivity index (χ4v) is 2.07. The average molecular weight is 187 g/mol. The molecule has 80 valence electrons. The Labute approximate surface area is 83.1 Å². The van der Waals surface area contributed by atoms with E-state index in [9.17, 15) is 0 Å². The molecular formula is C11H25NO. The molecule has 2 unspecified atom stereocenters. The van der Waals surface area contributed by atoms with Crippen LogP contribution in [0.15, 0.2) is 0 Å². The molecule has 2 heteroatoms. The SMILES string of the molecule is CCCC(C)(CNC)CC(C)OC. The van der Waals surface area contributed by atoms with Gasteiger partial charge in [0.1, 0.15) is 0 Å². The minimum atomic E-state index is 0.366. The molecule has 0 aromatic heterocycles. The van der Waals surface area contributed by atoms with Crippen molar-refractivity contribution in [1.82, 2.24) is 5.32 Å². The zero-order chi connectivity index (χ0) is 10.3. The Hall–Kier alpha value is -0.0800. The lowest BCUT2D eigenvalue weighted by Crippen LogP contribution is -2.33. The summed E-state index contributed by atoms with van der Waals surface area (Å²) in [7, 11) is 3.81. The Kier molecular flexibility index (Phi) is 6.35. The summed E-state index contributed by atoms with van der Waals surface area (Å²) in [5.74, 6) is 0. The van der Waals surface area contributed by atoms with E-state index in [0.29, 0.717) is 11.5 Å². The number of hydrogen-bond acceptors (Lipinski definition) is 2. The van der Waals surface area contributed by atoms with E-state index in [4.69, 9.17) is 4.74 Å². The molecule has 0 saturated heterocycles. The monoisotopic (exact) mass is 187 g/mol. The van der Waals surface area contributed by atoms with E-state index in [0.717, 1.165) is 13.0 Å². The van der Waals surface area contributed by atoms with E-state index in [1.165, 1.54) is 12.8 Å². The summed E-state index contributed by atoms with van der Waals surface area (Å²) in [5, 5.41) is 3.27. The van der Waals surface area contributed by atoms with Crippen LogP contribution in [0.25, 0.3) is 0 Å². The second kappa shape index (κ2) is 6.39. The van der Waals surface area contributed by atoms with E-state index >= 15 is 0 Å². The molecule has 0 saturated carbocycles. The van der Waals surface area contributed by atoms with Crippen molar-refractivity contribution in [2.75, 3.05) is 20.7 Å². The maximum Gasteiger partial charge on any atom is 0.0548 e. The lowest BCUT2D eigenvalue weighted by atomic mass is 9.80. The maximum absolute atomic E-state index is 5.31. The molecule has 2 atom stereocenters. The van der Waals surface area contributed by atoms with Crippen LogP contribution in [0.4, 0.5) is 0 Å². The van der Waals surface area contributed by atoms with Gasteiger partial charge in [0.15, 0.2) is 0 Å². The Morgan fingerprint density at radius 1 is 1.46 bits per heavy atom. The third-order valence-electron chi connectivity index (χ3n) is 2.64. The predicted molar refractivity (Wildman–Crippen MR) is 58.0 cm³/mol. The number of methoxy groups -OCH3 is 1. The van der Waals surface area contributed by atoms with Gasteiger partial charge in [0.05, 0.1) is 6.10 Å². The zero-order valence-electron chi connectivity index (χ0n) is 9.81. The molecule has 2 nitrogen and oxygen atoms in total. The first kappa shape index (κ1) is 12.9. The maximum atomic E-state index is 5.31. The van der Waals surface area contributed by atoms with Crippen molar-refractivity contribution in [1.29, 1.82) is 0 Å². The first-order chi connectivity index (χ1) is 6.08. The quantitative estimate of drug-likeness (QED) is 0.661. The fourth-order valence-electron chi connectivity index (χ4n) is 2.07. The molecule has 0 heterocycles.